The topological polar surface area (TPSA) is 9.23 Å². The molecular formula is C12H20O. The van der Waals surface area contributed by atoms with E-state index >= 15 is 0 Å². The largest absolute Gasteiger partial charge is 0.374 e. The highest BCUT2D eigenvalue weighted by molar-refractivity contribution is 5.07. The van der Waals surface area contributed by atoms with Crippen molar-refractivity contribution >= 4 is 0 Å². The highest BCUT2D eigenvalue weighted by Gasteiger charge is 2.13. The quantitative estimate of drug-likeness (QED) is 0.562. The normalized spacial score (nSPS) is 30.2. The van der Waals surface area contributed by atoms with Gasteiger partial charge in [-0.3, -0.25) is 0 Å². The molecule has 1 nitrogen and oxygen atoms in total. The van der Waals surface area contributed by atoms with E-state index in [-0.39, 0.29) is 0 Å². The summed E-state index contributed by atoms with van der Waals surface area (Å²) >= 11 is 0. The van der Waals surface area contributed by atoms with Crippen molar-refractivity contribution in [3.8, 4) is 0 Å². The molecule has 0 amide bonds. The first-order valence-corrected chi connectivity index (χ1v) is 5.76. The van der Waals surface area contributed by atoms with E-state index in [1.807, 2.05) is 0 Å². The van der Waals surface area contributed by atoms with Gasteiger partial charge in [-0.1, -0.05) is 18.1 Å². The molecule has 0 spiro atoms. The van der Waals surface area contributed by atoms with Crippen molar-refractivity contribution in [2.24, 2.45) is 0 Å². The van der Waals surface area contributed by atoms with E-state index < -0.39 is 0 Å². The van der Waals surface area contributed by atoms with Crippen LogP contribution in [0.1, 0.15) is 51.4 Å². The van der Waals surface area contributed by atoms with Crippen LogP contribution >= 0.6 is 0 Å². The van der Waals surface area contributed by atoms with Gasteiger partial charge in [0.1, 0.15) is 0 Å². The Labute approximate surface area is 81.2 Å². The lowest BCUT2D eigenvalue weighted by atomic mass is 9.93. The molecular weight excluding hydrogens is 160 g/mol. The number of allylic oxidation sites excluding steroid dienone is 1. The van der Waals surface area contributed by atoms with Crippen LogP contribution < -0.4 is 0 Å². The predicted octanol–water partition coefficient (Wildman–Crippen LogP) is 3.45. The zero-order valence-corrected chi connectivity index (χ0v) is 8.43. The summed E-state index contributed by atoms with van der Waals surface area (Å²) < 4.78 is 5.70. The van der Waals surface area contributed by atoms with Gasteiger partial charge >= 0.3 is 0 Å². The highest BCUT2D eigenvalue weighted by Crippen LogP contribution is 2.25. The molecule has 1 heterocycles. The Morgan fingerprint density at radius 1 is 1.00 bits per heavy atom. The van der Waals surface area contributed by atoms with Crippen molar-refractivity contribution in [2.45, 2.75) is 57.5 Å². The molecule has 1 atom stereocenters. The first kappa shape index (κ1) is 9.26. The first-order chi connectivity index (χ1) is 6.45. The third-order valence-electron chi connectivity index (χ3n) is 3.13. The van der Waals surface area contributed by atoms with Gasteiger partial charge in [0, 0.05) is 6.61 Å². The zero-order chi connectivity index (χ0) is 8.93. The van der Waals surface area contributed by atoms with E-state index in [2.05, 4.69) is 6.08 Å². The summed E-state index contributed by atoms with van der Waals surface area (Å²) in [5.74, 6) is 0. The fourth-order valence-corrected chi connectivity index (χ4v) is 2.33. The van der Waals surface area contributed by atoms with Crippen LogP contribution in [0, 0.1) is 0 Å². The van der Waals surface area contributed by atoms with Gasteiger partial charge in [-0.2, -0.15) is 0 Å². The van der Waals surface area contributed by atoms with Gasteiger partial charge in [0.25, 0.3) is 0 Å². The van der Waals surface area contributed by atoms with Crippen molar-refractivity contribution in [3.63, 3.8) is 0 Å². The lowest BCUT2D eigenvalue weighted by Crippen LogP contribution is -2.17. The maximum Gasteiger partial charge on any atom is 0.0758 e. The van der Waals surface area contributed by atoms with E-state index in [4.69, 9.17) is 4.74 Å². The Kier molecular flexibility index (Phi) is 3.42. The van der Waals surface area contributed by atoms with Crippen molar-refractivity contribution in [2.75, 3.05) is 6.61 Å². The molecule has 1 unspecified atom stereocenters. The molecule has 2 fully saturated rings. The first-order valence-electron chi connectivity index (χ1n) is 5.76. The second-order valence-corrected chi connectivity index (χ2v) is 4.29. The molecule has 0 N–H and O–H groups in total. The van der Waals surface area contributed by atoms with E-state index in [0.29, 0.717) is 6.10 Å². The summed E-state index contributed by atoms with van der Waals surface area (Å²) in [4.78, 5) is 0. The molecule has 0 bridgehead atoms. The average molecular weight is 180 g/mol. The second-order valence-electron chi connectivity index (χ2n) is 4.29. The van der Waals surface area contributed by atoms with Crippen LogP contribution in [0.15, 0.2) is 11.6 Å². The van der Waals surface area contributed by atoms with Gasteiger partial charge in [0.15, 0.2) is 0 Å². The summed E-state index contributed by atoms with van der Waals surface area (Å²) in [6, 6.07) is 0. The Morgan fingerprint density at radius 3 is 2.54 bits per heavy atom. The van der Waals surface area contributed by atoms with Crippen LogP contribution in [0.25, 0.3) is 0 Å². The fraction of sp³-hybridized carbons (Fsp3) is 0.833. The van der Waals surface area contributed by atoms with Crippen molar-refractivity contribution in [1.29, 1.82) is 0 Å². The third-order valence-corrected chi connectivity index (χ3v) is 3.13. The molecule has 1 heteroatoms. The van der Waals surface area contributed by atoms with Crippen LogP contribution in [-0.2, 0) is 4.74 Å². The maximum atomic E-state index is 5.70. The molecule has 0 radical (unpaired) electrons. The molecule has 1 aliphatic carbocycles. The highest BCUT2D eigenvalue weighted by atomic mass is 16.5. The standard InChI is InChI=1S/C12H20O/c1-2-6-11(7-3-1)10-12-8-4-5-9-13-12/h10,12H,1-9H2. The van der Waals surface area contributed by atoms with Gasteiger partial charge in [0.2, 0.25) is 0 Å². The Bertz CT molecular complexity index is 170. The minimum atomic E-state index is 0.460. The molecule has 13 heavy (non-hydrogen) atoms. The van der Waals surface area contributed by atoms with Crippen LogP contribution in [-0.4, -0.2) is 12.7 Å². The van der Waals surface area contributed by atoms with Crippen LogP contribution in [0.5, 0.6) is 0 Å². The molecule has 74 valence electrons. The summed E-state index contributed by atoms with van der Waals surface area (Å²) in [5, 5.41) is 0. The smallest absolute Gasteiger partial charge is 0.0758 e. The summed E-state index contributed by atoms with van der Waals surface area (Å²) in [7, 11) is 0. The molecule has 1 saturated carbocycles. The van der Waals surface area contributed by atoms with Crippen LogP contribution in [0.2, 0.25) is 0 Å². The molecule has 0 aromatic heterocycles. The van der Waals surface area contributed by atoms with E-state index in [1.165, 1.54) is 51.4 Å². The van der Waals surface area contributed by atoms with Gasteiger partial charge in [0.05, 0.1) is 6.10 Å². The number of rotatable bonds is 1. The van der Waals surface area contributed by atoms with E-state index in [0.717, 1.165) is 6.61 Å². The van der Waals surface area contributed by atoms with E-state index in [1.54, 1.807) is 5.57 Å². The fourth-order valence-electron chi connectivity index (χ4n) is 2.33. The van der Waals surface area contributed by atoms with Gasteiger partial charge in [-0.05, 0) is 44.9 Å². The molecule has 2 aliphatic rings. The predicted molar refractivity (Wildman–Crippen MR) is 54.8 cm³/mol. The molecule has 1 aliphatic heterocycles. The summed E-state index contributed by atoms with van der Waals surface area (Å²) in [5.41, 5.74) is 1.66. The monoisotopic (exact) mass is 180 g/mol. The third kappa shape index (κ3) is 2.84. The lowest BCUT2D eigenvalue weighted by molar-refractivity contribution is 0.0458. The number of hydrogen-bond acceptors (Lipinski definition) is 1. The maximum absolute atomic E-state index is 5.70. The van der Waals surface area contributed by atoms with Crippen LogP contribution in [0.4, 0.5) is 0 Å². The SMILES string of the molecule is C(=C1CCCCC1)C1CCCCO1. The molecule has 0 aromatic rings. The van der Waals surface area contributed by atoms with E-state index in [9.17, 15) is 0 Å². The molecule has 2 rings (SSSR count). The summed E-state index contributed by atoms with van der Waals surface area (Å²) in [6.07, 6.45) is 13.7. The number of ether oxygens (including phenoxy) is 1. The van der Waals surface area contributed by atoms with Crippen molar-refractivity contribution < 1.29 is 4.74 Å². The Balaban J connectivity index is 1.85. The average Bonchev–Trinajstić information content (AvgIpc) is 2.21. The van der Waals surface area contributed by atoms with Crippen molar-refractivity contribution in [1.82, 2.24) is 0 Å². The minimum absolute atomic E-state index is 0.460. The van der Waals surface area contributed by atoms with Crippen molar-refractivity contribution in [3.05, 3.63) is 11.6 Å². The van der Waals surface area contributed by atoms with Crippen LogP contribution in [0.3, 0.4) is 0 Å². The molecule has 1 saturated heterocycles. The summed E-state index contributed by atoms with van der Waals surface area (Å²) in [6.45, 7) is 0.981. The molecule has 0 aromatic carbocycles. The minimum Gasteiger partial charge on any atom is -0.374 e. The second kappa shape index (κ2) is 4.80. The lowest BCUT2D eigenvalue weighted by Gasteiger charge is -2.22. The van der Waals surface area contributed by atoms with Gasteiger partial charge in [-0.15, -0.1) is 0 Å². The Hall–Kier alpha value is -0.300. The van der Waals surface area contributed by atoms with Gasteiger partial charge < -0.3 is 4.74 Å². The Morgan fingerprint density at radius 2 is 1.85 bits per heavy atom. The zero-order valence-electron chi connectivity index (χ0n) is 8.43. The number of hydrogen-bond donors (Lipinski definition) is 0. The van der Waals surface area contributed by atoms with Gasteiger partial charge in [-0.25, -0.2) is 0 Å².